The second-order valence-corrected chi connectivity index (χ2v) is 5.78. The van der Waals surface area contributed by atoms with Gasteiger partial charge >= 0.3 is 0 Å². The fourth-order valence-corrected chi connectivity index (χ4v) is 2.55. The molecule has 0 spiro atoms. The third-order valence-corrected chi connectivity index (χ3v) is 3.97. The van der Waals surface area contributed by atoms with Crippen LogP contribution in [-0.2, 0) is 0 Å². The molecule has 5 nitrogen and oxygen atoms in total. The Kier molecular flexibility index (Phi) is 3.61. The number of nitrogens with zero attached hydrogens (tertiary/aromatic N) is 4. The molecule has 1 saturated carbocycles. The number of nitrogens with two attached hydrogens (primary N) is 1. The van der Waals surface area contributed by atoms with Crippen LogP contribution in [0.4, 0.5) is 5.95 Å². The third-order valence-electron chi connectivity index (χ3n) is 3.76. The van der Waals surface area contributed by atoms with Crippen LogP contribution in [0.15, 0.2) is 12.3 Å². The van der Waals surface area contributed by atoms with Gasteiger partial charge in [-0.05, 0) is 24.8 Å². The first kappa shape index (κ1) is 12.7. The Morgan fingerprint density at radius 2 is 2.05 bits per heavy atom. The molecule has 2 aliphatic rings. The van der Waals surface area contributed by atoms with E-state index in [0.29, 0.717) is 10.7 Å². The van der Waals surface area contributed by atoms with E-state index in [2.05, 4.69) is 19.8 Å². The lowest BCUT2D eigenvalue weighted by Gasteiger charge is -2.34. The SMILES string of the molecule is NC(=S)c1ccnc(N2CCN(CC3CC3)CC2)n1. The molecule has 1 aromatic heterocycles. The number of anilines is 1. The Morgan fingerprint density at radius 1 is 1.32 bits per heavy atom. The summed E-state index contributed by atoms with van der Waals surface area (Å²) in [6.45, 7) is 5.41. The predicted octanol–water partition coefficient (Wildman–Crippen LogP) is 0.643. The van der Waals surface area contributed by atoms with Crippen LogP contribution in [0.3, 0.4) is 0 Å². The Labute approximate surface area is 118 Å². The van der Waals surface area contributed by atoms with Crippen molar-refractivity contribution in [2.75, 3.05) is 37.6 Å². The van der Waals surface area contributed by atoms with Crippen molar-refractivity contribution in [1.82, 2.24) is 14.9 Å². The molecule has 2 N–H and O–H groups in total. The van der Waals surface area contributed by atoms with Gasteiger partial charge in [-0.3, -0.25) is 4.90 Å². The zero-order valence-electron chi connectivity index (χ0n) is 11.0. The van der Waals surface area contributed by atoms with Gasteiger partial charge in [0.1, 0.15) is 10.7 Å². The lowest BCUT2D eigenvalue weighted by Crippen LogP contribution is -2.47. The molecule has 0 unspecified atom stereocenters. The van der Waals surface area contributed by atoms with Crippen molar-refractivity contribution in [3.63, 3.8) is 0 Å². The molecule has 1 aliphatic heterocycles. The molecular formula is C13H19N5S. The summed E-state index contributed by atoms with van der Waals surface area (Å²) in [6.07, 6.45) is 4.56. The van der Waals surface area contributed by atoms with E-state index in [4.69, 9.17) is 18.0 Å². The van der Waals surface area contributed by atoms with E-state index in [1.54, 1.807) is 12.3 Å². The summed E-state index contributed by atoms with van der Waals surface area (Å²) in [6, 6.07) is 1.76. The molecular weight excluding hydrogens is 258 g/mol. The van der Waals surface area contributed by atoms with Gasteiger partial charge < -0.3 is 10.6 Å². The molecule has 2 fully saturated rings. The van der Waals surface area contributed by atoms with E-state index in [9.17, 15) is 0 Å². The average Bonchev–Trinajstić information content (AvgIpc) is 3.24. The van der Waals surface area contributed by atoms with Crippen LogP contribution in [0.5, 0.6) is 0 Å². The topological polar surface area (TPSA) is 58.3 Å². The van der Waals surface area contributed by atoms with Gasteiger partial charge in [0.15, 0.2) is 0 Å². The molecule has 2 heterocycles. The van der Waals surface area contributed by atoms with Gasteiger partial charge in [-0.15, -0.1) is 0 Å². The lowest BCUT2D eigenvalue weighted by molar-refractivity contribution is 0.247. The molecule has 0 aromatic carbocycles. The van der Waals surface area contributed by atoms with Crippen molar-refractivity contribution < 1.29 is 0 Å². The number of hydrogen-bond donors (Lipinski definition) is 1. The van der Waals surface area contributed by atoms with Crippen molar-refractivity contribution in [3.8, 4) is 0 Å². The van der Waals surface area contributed by atoms with Crippen molar-refractivity contribution in [1.29, 1.82) is 0 Å². The lowest BCUT2D eigenvalue weighted by atomic mass is 10.3. The van der Waals surface area contributed by atoms with Crippen molar-refractivity contribution in [2.24, 2.45) is 11.7 Å². The molecule has 19 heavy (non-hydrogen) atoms. The van der Waals surface area contributed by atoms with E-state index in [-0.39, 0.29) is 0 Å². The fourth-order valence-electron chi connectivity index (χ4n) is 2.43. The van der Waals surface area contributed by atoms with E-state index in [1.165, 1.54) is 19.4 Å². The minimum Gasteiger partial charge on any atom is -0.388 e. The van der Waals surface area contributed by atoms with Crippen LogP contribution in [0, 0.1) is 5.92 Å². The zero-order chi connectivity index (χ0) is 13.2. The van der Waals surface area contributed by atoms with Crippen LogP contribution >= 0.6 is 12.2 Å². The largest absolute Gasteiger partial charge is 0.388 e. The molecule has 0 atom stereocenters. The Morgan fingerprint density at radius 3 is 2.68 bits per heavy atom. The summed E-state index contributed by atoms with van der Waals surface area (Å²) in [4.78, 5) is 13.8. The van der Waals surface area contributed by atoms with Gasteiger partial charge in [0.2, 0.25) is 5.95 Å². The predicted molar refractivity (Wildman–Crippen MR) is 79.3 cm³/mol. The highest BCUT2D eigenvalue weighted by Crippen LogP contribution is 2.30. The van der Waals surface area contributed by atoms with E-state index >= 15 is 0 Å². The monoisotopic (exact) mass is 277 g/mol. The molecule has 3 rings (SSSR count). The van der Waals surface area contributed by atoms with E-state index in [0.717, 1.165) is 38.0 Å². The highest BCUT2D eigenvalue weighted by Gasteiger charge is 2.26. The first-order chi connectivity index (χ1) is 9.22. The number of hydrogen-bond acceptors (Lipinski definition) is 5. The van der Waals surface area contributed by atoms with Gasteiger partial charge in [-0.1, -0.05) is 12.2 Å². The highest BCUT2D eigenvalue weighted by atomic mass is 32.1. The molecule has 6 heteroatoms. The van der Waals surface area contributed by atoms with E-state index in [1.807, 2.05) is 0 Å². The summed E-state index contributed by atoms with van der Waals surface area (Å²) in [7, 11) is 0. The van der Waals surface area contributed by atoms with Crippen LogP contribution in [0.25, 0.3) is 0 Å². The van der Waals surface area contributed by atoms with Gasteiger partial charge in [-0.2, -0.15) is 0 Å². The maximum Gasteiger partial charge on any atom is 0.226 e. The number of thiocarbonyl (C=S) groups is 1. The minimum absolute atomic E-state index is 0.330. The van der Waals surface area contributed by atoms with Gasteiger partial charge in [0.05, 0.1) is 0 Å². The normalized spacial score (nSPS) is 20.5. The van der Waals surface area contributed by atoms with Crippen LogP contribution in [0.1, 0.15) is 18.5 Å². The van der Waals surface area contributed by atoms with Crippen molar-refractivity contribution >= 4 is 23.2 Å². The Balaban J connectivity index is 1.60. The second-order valence-electron chi connectivity index (χ2n) is 5.34. The first-order valence-electron chi connectivity index (χ1n) is 6.82. The van der Waals surface area contributed by atoms with Crippen LogP contribution in [0.2, 0.25) is 0 Å². The fraction of sp³-hybridized carbons (Fsp3) is 0.615. The van der Waals surface area contributed by atoms with Crippen LogP contribution in [-0.4, -0.2) is 52.6 Å². The number of piperazine rings is 1. The summed E-state index contributed by atoms with van der Waals surface area (Å²) in [5.74, 6) is 1.71. The standard InChI is InChI=1S/C13H19N5S/c14-12(19)11-3-4-15-13(16-11)18-7-5-17(6-8-18)9-10-1-2-10/h3-4,10H,1-2,5-9H2,(H2,14,19). The molecule has 1 saturated heterocycles. The summed E-state index contributed by atoms with van der Waals surface area (Å²) < 4.78 is 0. The summed E-state index contributed by atoms with van der Waals surface area (Å²) in [5.41, 5.74) is 6.26. The quantitative estimate of drug-likeness (QED) is 0.815. The van der Waals surface area contributed by atoms with Gasteiger partial charge in [0, 0.05) is 38.9 Å². The van der Waals surface area contributed by atoms with Crippen molar-refractivity contribution in [2.45, 2.75) is 12.8 Å². The molecule has 1 aliphatic carbocycles. The minimum atomic E-state index is 0.330. The molecule has 0 amide bonds. The highest BCUT2D eigenvalue weighted by molar-refractivity contribution is 7.80. The van der Waals surface area contributed by atoms with Gasteiger partial charge in [0.25, 0.3) is 0 Å². The molecule has 0 radical (unpaired) electrons. The Hall–Kier alpha value is -1.27. The summed E-state index contributed by atoms with van der Waals surface area (Å²) in [5, 5.41) is 0. The molecule has 1 aromatic rings. The second kappa shape index (κ2) is 5.38. The maximum absolute atomic E-state index is 5.61. The smallest absolute Gasteiger partial charge is 0.226 e. The number of rotatable bonds is 4. The van der Waals surface area contributed by atoms with Gasteiger partial charge in [-0.25, -0.2) is 9.97 Å². The van der Waals surface area contributed by atoms with Crippen LogP contribution < -0.4 is 10.6 Å². The molecule has 0 bridgehead atoms. The first-order valence-corrected chi connectivity index (χ1v) is 7.23. The average molecular weight is 277 g/mol. The number of aromatic nitrogens is 2. The third kappa shape index (κ3) is 3.19. The summed E-state index contributed by atoms with van der Waals surface area (Å²) >= 11 is 4.96. The Bertz CT molecular complexity index is 466. The van der Waals surface area contributed by atoms with Crippen molar-refractivity contribution in [3.05, 3.63) is 18.0 Å². The zero-order valence-corrected chi connectivity index (χ0v) is 11.8. The molecule has 102 valence electrons. The van der Waals surface area contributed by atoms with E-state index < -0.39 is 0 Å². The maximum atomic E-state index is 5.61.